The Labute approximate surface area is 209 Å². The molecule has 2 aromatic heterocycles. The van der Waals surface area contributed by atoms with Crippen LogP contribution in [-0.2, 0) is 0 Å². The third-order valence-electron chi connectivity index (χ3n) is 7.46. The number of fused-ring (bicyclic) bond motifs is 2. The molecule has 0 amide bonds. The van der Waals surface area contributed by atoms with Gasteiger partial charge in [0.1, 0.15) is 5.75 Å². The maximum absolute atomic E-state index is 15.1. The zero-order valence-corrected chi connectivity index (χ0v) is 20.7. The number of pyridine rings is 1. The van der Waals surface area contributed by atoms with Crippen LogP contribution in [0.1, 0.15) is 25.0 Å². The molecule has 36 heavy (non-hydrogen) atoms. The fraction of sp³-hybridized carbons (Fsp3) is 0.345. The Kier molecular flexibility index (Phi) is 5.60. The minimum absolute atomic E-state index is 0.158. The lowest BCUT2D eigenvalue weighted by Crippen LogP contribution is -2.23. The topological polar surface area (TPSA) is 59.6 Å². The van der Waals surface area contributed by atoms with Crippen LogP contribution in [0.5, 0.6) is 23.0 Å². The lowest BCUT2D eigenvalue weighted by Gasteiger charge is -2.17. The number of nitrogens with one attached hydrogen (secondary N) is 1. The van der Waals surface area contributed by atoms with E-state index in [2.05, 4.69) is 21.4 Å². The molecule has 3 heterocycles. The zero-order valence-electron chi connectivity index (χ0n) is 20.7. The molecule has 2 fully saturated rings. The van der Waals surface area contributed by atoms with E-state index in [9.17, 15) is 0 Å². The standard InChI is InChI=1S/C29H30FN3O3/c1-18-16-33(17-29(18)8-9-29)11-4-12-35-27-15-23-20(14-26(27)34-3)24(7-10-31-23)36-25-6-5-22-21(28(25)30)13-19(2)32-22/h5-7,10,13-15,32H,1,4,8-9,11-12,16-17H2,2-3H3. The molecule has 186 valence electrons. The summed E-state index contributed by atoms with van der Waals surface area (Å²) in [6.45, 7) is 9.87. The highest BCUT2D eigenvalue weighted by Gasteiger charge is 2.50. The van der Waals surface area contributed by atoms with E-state index in [4.69, 9.17) is 14.2 Å². The first-order valence-electron chi connectivity index (χ1n) is 12.4. The van der Waals surface area contributed by atoms with Crippen molar-refractivity contribution in [3.63, 3.8) is 0 Å². The average molecular weight is 488 g/mol. The first-order valence-corrected chi connectivity index (χ1v) is 12.4. The van der Waals surface area contributed by atoms with E-state index in [1.54, 1.807) is 31.5 Å². The lowest BCUT2D eigenvalue weighted by molar-refractivity contribution is 0.250. The van der Waals surface area contributed by atoms with Gasteiger partial charge in [0.15, 0.2) is 23.1 Å². The van der Waals surface area contributed by atoms with E-state index in [1.807, 2.05) is 25.1 Å². The summed E-state index contributed by atoms with van der Waals surface area (Å²) in [4.78, 5) is 10.1. The number of halogens is 1. The van der Waals surface area contributed by atoms with E-state index in [1.165, 1.54) is 18.4 Å². The third kappa shape index (κ3) is 4.07. The van der Waals surface area contributed by atoms with Crippen LogP contribution in [0.15, 0.2) is 54.7 Å². The van der Waals surface area contributed by atoms with Crippen molar-refractivity contribution in [2.45, 2.75) is 26.2 Å². The quantitative estimate of drug-likeness (QED) is 0.231. The van der Waals surface area contributed by atoms with Crippen LogP contribution in [0, 0.1) is 18.2 Å². The van der Waals surface area contributed by atoms with Crippen molar-refractivity contribution in [2.24, 2.45) is 5.41 Å². The first kappa shape index (κ1) is 22.9. The average Bonchev–Trinajstić information content (AvgIpc) is 3.45. The van der Waals surface area contributed by atoms with E-state index in [0.717, 1.165) is 42.7 Å². The summed E-state index contributed by atoms with van der Waals surface area (Å²) in [5.41, 5.74) is 4.14. The number of likely N-dealkylation sites (tertiary alicyclic amines) is 1. The van der Waals surface area contributed by atoms with Crippen LogP contribution in [0.2, 0.25) is 0 Å². The summed E-state index contributed by atoms with van der Waals surface area (Å²) in [7, 11) is 1.61. The molecule has 2 aromatic carbocycles. The van der Waals surface area contributed by atoms with Gasteiger partial charge in [-0.3, -0.25) is 9.88 Å². The van der Waals surface area contributed by atoms with Gasteiger partial charge in [0.05, 0.1) is 19.2 Å². The van der Waals surface area contributed by atoms with Gasteiger partial charge in [0, 0.05) is 59.3 Å². The molecule has 0 radical (unpaired) electrons. The zero-order chi connectivity index (χ0) is 24.9. The van der Waals surface area contributed by atoms with E-state index >= 15 is 4.39 Å². The van der Waals surface area contributed by atoms with Gasteiger partial charge in [0.25, 0.3) is 0 Å². The van der Waals surface area contributed by atoms with Gasteiger partial charge < -0.3 is 19.2 Å². The number of benzene rings is 2. The summed E-state index contributed by atoms with van der Waals surface area (Å²) in [6, 6.07) is 10.6. The molecule has 2 aliphatic rings. The Morgan fingerprint density at radius 2 is 1.94 bits per heavy atom. The van der Waals surface area contributed by atoms with Gasteiger partial charge in [-0.15, -0.1) is 0 Å². The molecular formula is C29H30FN3O3. The smallest absolute Gasteiger partial charge is 0.175 e. The number of aromatic nitrogens is 2. The molecule has 0 unspecified atom stereocenters. The predicted octanol–water partition coefficient (Wildman–Crippen LogP) is 6.39. The second-order valence-electron chi connectivity index (χ2n) is 10.0. The van der Waals surface area contributed by atoms with Crippen LogP contribution in [0.3, 0.4) is 0 Å². The van der Waals surface area contributed by atoms with Gasteiger partial charge >= 0.3 is 0 Å². The fourth-order valence-corrected chi connectivity index (χ4v) is 5.30. The Balaban J connectivity index is 1.18. The van der Waals surface area contributed by atoms with Crippen molar-refractivity contribution in [3.05, 3.63) is 66.3 Å². The summed E-state index contributed by atoms with van der Waals surface area (Å²) in [5, 5.41) is 1.22. The van der Waals surface area contributed by atoms with Crippen LogP contribution in [0.25, 0.3) is 21.8 Å². The Morgan fingerprint density at radius 3 is 2.72 bits per heavy atom. The number of ether oxygens (including phenoxy) is 3. The summed E-state index contributed by atoms with van der Waals surface area (Å²) in [6.07, 6.45) is 5.15. The normalized spacial score (nSPS) is 16.8. The summed E-state index contributed by atoms with van der Waals surface area (Å²) < 4.78 is 32.9. The number of nitrogens with zero attached hydrogens (tertiary/aromatic N) is 2. The van der Waals surface area contributed by atoms with Crippen molar-refractivity contribution in [3.8, 4) is 23.0 Å². The van der Waals surface area contributed by atoms with Gasteiger partial charge in [0.2, 0.25) is 0 Å². The molecule has 6 rings (SSSR count). The largest absolute Gasteiger partial charge is 0.493 e. The molecule has 6 nitrogen and oxygen atoms in total. The molecule has 0 bridgehead atoms. The lowest BCUT2D eigenvalue weighted by atomic mass is 10.0. The number of methoxy groups -OCH3 is 1. The van der Waals surface area contributed by atoms with Crippen molar-refractivity contribution in [1.29, 1.82) is 0 Å². The van der Waals surface area contributed by atoms with Crippen molar-refractivity contribution >= 4 is 21.8 Å². The van der Waals surface area contributed by atoms with Gasteiger partial charge in [-0.1, -0.05) is 12.2 Å². The Bertz CT molecular complexity index is 1470. The molecule has 1 N–H and O–H groups in total. The van der Waals surface area contributed by atoms with Crippen LogP contribution < -0.4 is 14.2 Å². The highest BCUT2D eigenvalue weighted by atomic mass is 19.1. The Hall–Kier alpha value is -3.58. The third-order valence-corrected chi connectivity index (χ3v) is 7.46. The number of hydrogen-bond acceptors (Lipinski definition) is 5. The maximum atomic E-state index is 15.1. The molecule has 4 aromatic rings. The molecule has 1 aliphatic carbocycles. The van der Waals surface area contributed by atoms with Crippen LogP contribution in [0.4, 0.5) is 4.39 Å². The monoisotopic (exact) mass is 487 g/mol. The molecule has 1 spiro atoms. The minimum atomic E-state index is -0.400. The second-order valence-corrected chi connectivity index (χ2v) is 10.0. The molecule has 1 saturated heterocycles. The van der Waals surface area contributed by atoms with Crippen LogP contribution >= 0.6 is 0 Å². The summed E-state index contributed by atoms with van der Waals surface area (Å²) >= 11 is 0. The Morgan fingerprint density at radius 1 is 1.08 bits per heavy atom. The highest BCUT2D eigenvalue weighted by Crippen LogP contribution is 2.55. The molecule has 7 heteroatoms. The predicted molar refractivity (Wildman–Crippen MR) is 139 cm³/mol. The van der Waals surface area contributed by atoms with E-state index in [-0.39, 0.29) is 5.75 Å². The number of H-pyrrole nitrogens is 1. The van der Waals surface area contributed by atoms with E-state index < -0.39 is 5.82 Å². The van der Waals surface area contributed by atoms with E-state index in [0.29, 0.717) is 40.2 Å². The molecule has 0 atom stereocenters. The van der Waals surface area contributed by atoms with Crippen molar-refractivity contribution < 1.29 is 18.6 Å². The highest BCUT2D eigenvalue weighted by molar-refractivity contribution is 5.89. The first-order chi connectivity index (χ1) is 17.5. The molecular weight excluding hydrogens is 457 g/mol. The summed E-state index contributed by atoms with van der Waals surface area (Å²) in [5.74, 6) is 1.48. The SMILES string of the molecule is C=C1CN(CCCOc2cc3nccc(Oc4ccc5[nH]c(C)cc5c4F)c3cc2OC)CC12CC2. The molecule has 1 aliphatic heterocycles. The number of aromatic amines is 1. The van der Waals surface area contributed by atoms with Crippen LogP contribution in [-0.4, -0.2) is 48.2 Å². The van der Waals surface area contributed by atoms with Gasteiger partial charge in [-0.25, -0.2) is 4.39 Å². The molecule has 1 saturated carbocycles. The van der Waals surface area contributed by atoms with Gasteiger partial charge in [-0.05, 0) is 56.5 Å². The number of hydrogen-bond donors (Lipinski definition) is 1. The van der Waals surface area contributed by atoms with Crippen molar-refractivity contribution in [1.82, 2.24) is 14.9 Å². The number of aryl methyl sites for hydroxylation is 1. The maximum Gasteiger partial charge on any atom is 0.175 e. The van der Waals surface area contributed by atoms with Gasteiger partial charge in [-0.2, -0.15) is 0 Å². The minimum Gasteiger partial charge on any atom is -0.493 e. The fourth-order valence-electron chi connectivity index (χ4n) is 5.30. The van der Waals surface area contributed by atoms with Crippen molar-refractivity contribution in [2.75, 3.05) is 33.4 Å². The second kappa shape index (κ2) is 8.82. The number of rotatable bonds is 8.